The largest absolute Gasteiger partial charge is 0.207 e. The molecule has 2 aromatic carbocycles. The van der Waals surface area contributed by atoms with E-state index < -0.39 is 0 Å². The molecule has 2 heteroatoms. The average Bonchev–Trinajstić information content (AvgIpc) is 2.61. The van der Waals surface area contributed by atoms with Crippen LogP contribution in [-0.2, 0) is 0 Å². The standard InChI is InChI=1S/2C8H9F.C8H14/c2*1-6-3-4-7(2)8(9)5-6;1-4-6-7-8(3)5-2/h2*3-5H,1-2H3;5-7H,4H2,1-3H3/b;;7-6-,8-5-. The van der Waals surface area contributed by atoms with Crippen molar-refractivity contribution in [3.63, 3.8) is 0 Å². The fourth-order valence-corrected chi connectivity index (χ4v) is 1.80. The summed E-state index contributed by atoms with van der Waals surface area (Å²) in [5.74, 6) is -0.231. The highest BCUT2D eigenvalue weighted by molar-refractivity contribution is 5.22. The summed E-state index contributed by atoms with van der Waals surface area (Å²) >= 11 is 0. The van der Waals surface area contributed by atoms with Crippen LogP contribution >= 0.6 is 0 Å². The van der Waals surface area contributed by atoms with E-state index in [0.29, 0.717) is 11.1 Å². The SMILES string of the molecule is C/C=C(C)\C=C/CC.Cc1ccc(C)c(F)c1.Cc1ccc(C)c(F)c1. The topological polar surface area (TPSA) is 0 Å². The molecule has 0 spiro atoms. The van der Waals surface area contributed by atoms with E-state index in [9.17, 15) is 8.78 Å². The Morgan fingerprint density at radius 3 is 1.54 bits per heavy atom. The third-order valence-electron chi connectivity index (χ3n) is 3.73. The van der Waals surface area contributed by atoms with Crippen LogP contribution in [0.25, 0.3) is 0 Å². The van der Waals surface area contributed by atoms with Crippen molar-refractivity contribution in [1.29, 1.82) is 0 Å². The summed E-state index contributed by atoms with van der Waals surface area (Å²) in [5, 5.41) is 0. The highest BCUT2D eigenvalue weighted by Crippen LogP contribution is 2.07. The van der Waals surface area contributed by atoms with Crippen LogP contribution in [0.1, 0.15) is 49.4 Å². The lowest BCUT2D eigenvalue weighted by Crippen LogP contribution is -1.81. The summed E-state index contributed by atoms with van der Waals surface area (Å²) in [6, 6.07) is 10.4. The van der Waals surface area contributed by atoms with Crippen LogP contribution in [0.2, 0.25) is 0 Å². The van der Waals surface area contributed by atoms with Gasteiger partial charge >= 0.3 is 0 Å². The molecule has 0 saturated carbocycles. The maximum absolute atomic E-state index is 12.6. The van der Waals surface area contributed by atoms with Gasteiger partial charge in [-0.2, -0.15) is 0 Å². The number of rotatable bonds is 2. The predicted molar refractivity (Wildman–Crippen MR) is 111 cm³/mol. The molecule has 0 N–H and O–H groups in total. The monoisotopic (exact) mass is 358 g/mol. The normalized spacial score (nSPS) is 10.7. The quantitative estimate of drug-likeness (QED) is 0.480. The summed E-state index contributed by atoms with van der Waals surface area (Å²) in [5.41, 5.74) is 4.70. The minimum Gasteiger partial charge on any atom is -0.207 e. The van der Waals surface area contributed by atoms with Gasteiger partial charge in [0.15, 0.2) is 0 Å². The molecule has 0 aliphatic heterocycles. The van der Waals surface area contributed by atoms with Crippen LogP contribution in [0, 0.1) is 39.3 Å². The molecule has 0 radical (unpaired) electrons. The van der Waals surface area contributed by atoms with E-state index in [-0.39, 0.29) is 11.6 Å². The van der Waals surface area contributed by atoms with E-state index in [2.05, 4.69) is 39.0 Å². The molecule has 0 saturated heterocycles. The van der Waals surface area contributed by atoms with Gasteiger partial charge in [0.1, 0.15) is 11.6 Å². The van der Waals surface area contributed by atoms with E-state index in [1.54, 1.807) is 26.0 Å². The van der Waals surface area contributed by atoms with Gasteiger partial charge in [0.2, 0.25) is 0 Å². The van der Waals surface area contributed by atoms with Crippen molar-refractivity contribution in [3.05, 3.63) is 94.1 Å². The molecule has 0 atom stereocenters. The number of halogens is 2. The second kappa shape index (κ2) is 13.0. The molecule has 0 heterocycles. The van der Waals surface area contributed by atoms with E-state index in [1.807, 2.05) is 26.0 Å². The summed E-state index contributed by atoms with van der Waals surface area (Å²) in [4.78, 5) is 0. The zero-order valence-electron chi connectivity index (χ0n) is 17.2. The van der Waals surface area contributed by atoms with Crippen LogP contribution < -0.4 is 0 Å². The van der Waals surface area contributed by atoms with Gasteiger partial charge in [-0.15, -0.1) is 0 Å². The van der Waals surface area contributed by atoms with Gasteiger partial charge in [-0.1, -0.05) is 55.0 Å². The summed E-state index contributed by atoms with van der Waals surface area (Å²) in [6.07, 6.45) is 7.53. The lowest BCUT2D eigenvalue weighted by Gasteiger charge is -1.94. The number of aryl methyl sites for hydroxylation is 4. The number of allylic oxidation sites excluding steroid dienone is 4. The second-order valence-corrected chi connectivity index (χ2v) is 6.35. The molecule has 0 aliphatic rings. The van der Waals surface area contributed by atoms with E-state index in [4.69, 9.17) is 0 Å². The Balaban J connectivity index is 0.000000362. The highest BCUT2D eigenvalue weighted by Gasteiger charge is 1.94. The molecular weight excluding hydrogens is 326 g/mol. The number of hydrogen-bond acceptors (Lipinski definition) is 0. The molecule has 0 bridgehead atoms. The van der Waals surface area contributed by atoms with E-state index >= 15 is 0 Å². The Bertz CT molecular complexity index is 675. The van der Waals surface area contributed by atoms with Crippen molar-refractivity contribution in [1.82, 2.24) is 0 Å². The smallest absolute Gasteiger partial charge is 0.126 e. The fourth-order valence-electron chi connectivity index (χ4n) is 1.80. The first-order valence-corrected chi connectivity index (χ1v) is 8.96. The van der Waals surface area contributed by atoms with Crippen LogP contribution in [-0.4, -0.2) is 0 Å². The molecular formula is C24H32F2. The van der Waals surface area contributed by atoms with Gasteiger partial charge in [0.05, 0.1) is 0 Å². The molecule has 0 aromatic heterocycles. The zero-order chi connectivity index (χ0) is 20.1. The van der Waals surface area contributed by atoms with Crippen LogP contribution in [0.4, 0.5) is 8.78 Å². The summed E-state index contributed by atoms with van der Waals surface area (Å²) in [7, 11) is 0. The predicted octanol–water partition coefficient (Wildman–Crippen LogP) is 7.80. The Kier molecular flexibility index (Phi) is 11.9. The van der Waals surface area contributed by atoms with Crippen molar-refractivity contribution < 1.29 is 8.78 Å². The third-order valence-corrected chi connectivity index (χ3v) is 3.73. The van der Waals surface area contributed by atoms with Gasteiger partial charge < -0.3 is 0 Å². The van der Waals surface area contributed by atoms with Crippen molar-refractivity contribution in [3.8, 4) is 0 Å². The molecule has 2 rings (SSSR count). The lowest BCUT2D eigenvalue weighted by atomic mass is 10.2. The molecule has 0 nitrogen and oxygen atoms in total. The zero-order valence-corrected chi connectivity index (χ0v) is 17.2. The maximum atomic E-state index is 12.6. The van der Waals surface area contributed by atoms with Crippen molar-refractivity contribution >= 4 is 0 Å². The van der Waals surface area contributed by atoms with Gasteiger partial charge in [-0.05, 0) is 82.3 Å². The molecule has 142 valence electrons. The van der Waals surface area contributed by atoms with Crippen molar-refractivity contribution in [2.45, 2.75) is 54.9 Å². The van der Waals surface area contributed by atoms with Crippen LogP contribution in [0.15, 0.2) is 60.2 Å². The molecule has 2 aromatic rings. The minimum atomic E-state index is -0.116. The molecule has 0 unspecified atom stereocenters. The van der Waals surface area contributed by atoms with Gasteiger partial charge in [-0.25, -0.2) is 8.78 Å². The van der Waals surface area contributed by atoms with Gasteiger partial charge in [0, 0.05) is 0 Å². The highest BCUT2D eigenvalue weighted by atomic mass is 19.1. The first kappa shape index (κ1) is 23.8. The maximum Gasteiger partial charge on any atom is 0.126 e. The molecule has 0 amide bonds. The first-order valence-electron chi connectivity index (χ1n) is 8.96. The summed E-state index contributed by atoms with van der Waals surface area (Å²) in [6.45, 7) is 13.6. The van der Waals surface area contributed by atoms with Gasteiger partial charge in [0.25, 0.3) is 0 Å². The fraction of sp³-hybridized carbons (Fsp3) is 0.333. The average molecular weight is 359 g/mol. The van der Waals surface area contributed by atoms with E-state index in [1.165, 1.54) is 17.7 Å². The second-order valence-electron chi connectivity index (χ2n) is 6.35. The van der Waals surface area contributed by atoms with Crippen molar-refractivity contribution in [2.75, 3.05) is 0 Å². The Hall–Kier alpha value is -2.22. The Labute approximate surface area is 158 Å². The Morgan fingerprint density at radius 1 is 0.846 bits per heavy atom. The van der Waals surface area contributed by atoms with Crippen molar-refractivity contribution in [2.24, 2.45) is 0 Å². The first-order chi connectivity index (χ1) is 12.2. The molecule has 26 heavy (non-hydrogen) atoms. The van der Waals surface area contributed by atoms with E-state index in [0.717, 1.165) is 17.5 Å². The minimum absolute atomic E-state index is 0.116. The number of hydrogen-bond donors (Lipinski definition) is 0. The van der Waals surface area contributed by atoms with Crippen LogP contribution in [0.3, 0.4) is 0 Å². The summed E-state index contributed by atoms with van der Waals surface area (Å²) < 4.78 is 25.2. The van der Waals surface area contributed by atoms with Gasteiger partial charge in [-0.3, -0.25) is 0 Å². The molecule has 0 aliphatic carbocycles. The lowest BCUT2D eigenvalue weighted by molar-refractivity contribution is 0.617. The van der Waals surface area contributed by atoms with Crippen LogP contribution in [0.5, 0.6) is 0 Å². The number of benzene rings is 2. The molecule has 0 fully saturated rings. The third kappa shape index (κ3) is 10.6. The Morgan fingerprint density at radius 2 is 1.27 bits per heavy atom.